The van der Waals surface area contributed by atoms with Crippen molar-refractivity contribution in [1.82, 2.24) is 14.9 Å². The van der Waals surface area contributed by atoms with Crippen LogP contribution in [0.5, 0.6) is 11.5 Å². The quantitative estimate of drug-likeness (QED) is 0.345. The maximum absolute atomic E-state index is 13.0. The smallest absolute Gasteiger partial charge is 0.387 e. The average molecular weight is 516 g/mol. The second-order valence-electron chi connectivity index (χ2n) is 7.60. The van der Waals surface area contributed by atoms with Crippen molar-refractivity contribution in [3.63, 3.8) is 0 Å². The number of hydrogen-bond acceptors (Lipinski definition) is 6. The van der Waals surface area contributed by atoms with E-state index in [1.165, 1.54) is 41.1 Å². The third-order valence-corrected chi connectivity index (χ3v) is 6.16. The van der Waals surface area contributed by atoms with Gasteiger partial charge in [-0.15, -0.1) is 0 Å². The summed E-state index contributed by atoms with van der Waals surface area (Å²) in [7, 11) is 0. The number of carbonyl (C=O) groups is 1. The summed E-state index contributed by atoms with van der Waals surface area (Å²) in [6.45, 7) is -0.882. The van der Waals surface area contributed by atoms with Gasteiger partial charge in [-0.2, -0.15) is 8.78 Å². The highest BCUT2D eigenvalue weighted by Crippen LogP contribution is 2.22. The number of nitrogens with zero attached hydrogens (tertiary/aromatic N) is 2. The molecule has 0 saturated carbocycles. The van der Waals surface area contributed by atoms with Crippen molar-refractivity contribution < 1.29 is 27.4 Å². The first-order valence-corrected chi connectivity index (χ1v) is 11.5. The van der Waals surface area contributed by atoms with Crippen LogP contribution in [0.2, 0.25) is 0 Å². The van der Waals surface area contributed by atoms with Gasteiger partial charge in [-0.3, -0.25) is 14.2 Å². The molecule has 1 N–H and O–H groups in total. The van der Waals surface area contributed by atoms with E-state index in [9.17, 15) is 22.8 Å². The maximum atomic E-state index is 13.0. The second-order valence-corrected chi connectivity index (χ2v) is 8.58. The summed E-state index contributed by atoms with van der Waals surface area (Å²) in [5, 5.41) is 3.09. The zero-order valence-electron chi connectivity index (χ0n) is 18.9. The van der Waals surface area contributed by atoms with Gasteiger partial charge in [0.1, 0.15) is 28.8 Å². The molecule has 4 rings (SSSR count). The van der Waals surface area contributed by atoms with E-state index in [4.69, 9.17) is 4.74 Å². The number of pyridine rings is 1. The van der Waals surface area contributed by atoms with Gasteiger partial charge in [-0.05, 0) is 48.4 Å². The number of benzene rings is 2. The van der Waals surface area contributed by atoms with E-state index in [1.54, 1.807) is 37.3 Å². The van der Waals surface area contributed by atoms with E-state index in [0.717, 1.165) is 16.9 Å². The highest BCUT2D eigenvalue weighted by atomic mass is 32.1. The van der Waals surface area contributed by atoms with E-state index in [1.807, 2.05) is 0 Å². The molecule has 0 aliphatic heterocycles. The predicted octanol–water partition coefficient (Wildman–Crippen LogP) is 4.85. The van der Waals surface area contributed by atoms with E-state index in [-0.39, 0.29) is 30.6 Å². The standard InChI is InChI=1S/C25H20F3N3O4S/c1-15-22(23(33)29-13-16-2-6-18(26)7-3-16)36-25(30-15)31-11-10-20(12-21(31)32)34-14-17-4-8-19(9-5-17)35-24(27)28/h2-12,24H,13-14H2,1H3,(H,29,33). The number of ether oxygens (including phenoxy) is 2. The molecular weight excluding hydrogens is 495 g/mol. The molecule has 0 saturated heterocycles. The van der Waals surface area contributed by atoms with Crippen LogP contribution >= 0.6 is 11.3 Å². The minimum atomic E-state index is -2.90. The topological polar surface area (TPSA) is 82.5 Å². The molecule has 2 heterocycles. The van der Waals surface area contributed by atoms with Crippen LogP contribution in [0.25, 0.3) is 5.13 Å². The Morgan fingerprint density at radius 2 is 1.75 bits per heavy atom. The molecule has 7 nitrogen and oxygen atoms in total. The molecule has 0 fully saturated rings. The van der Waals surface area contributed by atoms with E-state index < -0.39 is 12.2 Å². The Labute approximate surface area is 207 Å². The highest BCUT2D eigenvalue weighted by molar-refractivity contribution is 7.16. The highest BCUT2D eigenvalue weighted by Gasteiger charge is 2.17. The molecule has 0 bridgehead atoms. The molecule has 0 radical (unpaired) electrons. The number of amides is 1. The number of aromatic nitrogens is 2. The summed E-state index contributed by atoms with van der Waals surface area (Å²) in [5.41, 5.74) is 1.52. The van der Waals surface area contributed by atoms with Crippen molar-refractivity contribution in [1.29, 1.82) is 0 Å². The zero-order chi connectivity index (χ0) is 25.7. The van der Waals surface area contributed by atoms with Gasteiger partial charge >= 0.3 is 6.61 Å². The zero-order valence-corrected chi connectivity index (χ0v) is 19.7. The molecule has 0 aliphatic rings. The van der Waals surface area contributed by atoms with Gasteiger partial charge in [0.15, 0.2) is 5.13 Å². The SMILES string of the molecule is Cc1nc(-n2ccc(OCc3ccc(OC(F)F)cc3)cc2=O)sc1C(=O)NCc1ccc(F)cc1. The Morgan fingerprint density at radius 1 is 1.06 bits per heavy atom. The number of thiazole rings is 1. The molecular formula is C25H20F3N3O4S. The van der Waals surface area contributed by atoms with Gasteiger partial charge in [0.2, 0.25) is 0 Å². The lowest BCUT2D eigenvalue weighted by molar-refractivity contribution is -0.0498. The summed E-state index contributed by atoms with van der Waals surface area (Å²) >= 11 is 1.07. The Hall–Kier alpha value is -4.12. The summed E-state index contributed by atoms with van der Waals surface area (Å²) in [6.07, 6.45) is 1.50. The van der Waals surface area contributed by atoms with Gasteiger partial charge in [0.05, 0.1) is 5.69 Å². The summed E-state index contributed by atoms with van der Waals surface area (Å²) in [5.74, 6) is -0.349. The molecule has 0 atom stereocenters. The van der Waals surface area contributed by atoms with E-state index in [0.29, 0.717) is 27.0 Å². The lowest BCUT2D eigenvalue weighted by atomic mass is 10.2. The number of halogens is 3. The monoisotopic (exact) mass is 515 g/mol. The van der Waals surface area contributed by atoms with Gasteiger partial charge in [-0.25, -0.2) is 9.37 Å². The second kappa shape index (κ2) is 11.1. The number of aryl methyl sites for hydroxylation is 1. The summed E-state index contributed by atoms with van der Waals surface area (Å²) in [4.78, 5) is 30.0. The van der Waals surface area contributed by atoms with Crippen LogP contribution in [-0.4, -0.2) is 22.1 Å². The first kappa shape index (κ1) is 25.0. The van der Waals surface area contributed by atoms with Crippen molar-refractivity contribution >= 4 is 17.2 Å². The maximum Gasteiger partial charge on any atom is 0.387 e. The molecule has 2 aromatic carbocycles. The lowest BCUT2D eigenvalue weighted by Gasteiger charge is -2.08. The first-order valence-electron chi connectivity index (χ1n) is 10.7. The number of nitrogens with one attached hydrogen (secondary N) is 1. The van der Waals surface area contributed by atoms with Crippen molar-refractivity contribution in [3.05, 3.63) is 105 Å². The molecule has 4 aromatic rings. The van der Waals surface area contributed by atoms with Crippen LogP contribution < -0.4 is 20.3 Å². The van der Waals surface area contributed by atoms with Gasteiger partial charge in [0.25, 0.3) is 11.5 Å². The fourth-order valence-electron chi connectivity index (χ4n) is 3.20. The number of carbonyl (C=O) groups excluding carboxylic acids is 1. The third-order valence-electron chi connectivity index (χ3n) is 5.01. The molecule has 11 heteroatoms. The summed E-state index contributed by atoms with van der Waals surface area (Å²) in [6, 6.07) is 14.7. The molecule has 1 amide bonds. The number of rotatable bonds is 9. The largest absolute Gasteiger partial charge is 0.489 e. The molecule has 0 unspecified atom stereocenters. The van der Waals surface area contributed by atoms with Crippen LogP contribution in [0.1, 0.15) is 26.5 Å². The normalized spacial score (nSPS) is 10.9. The fourth-order valence-corrected chi connectivity index (χ4v) is 4.18. The van der Waals surface area contributed by atoms with Gasteiger partial charge in [-0.1, -0.05) is 35.6 Å². The minimum absolute atomic E-state index is 0.0404. The van der Waals surface area contributed by atoms with Crippen LogP contribution in [0, 0.1) is 12.7 Å². The average Bonchev–Trinajstić information content (AvgIpc) is 3.24. The molecule has 2 aromatic heterocycles. The molecule has 0 spiro atoms. The Morgan fingerprint density at radius 3 is 2.42 bits per heavy atom. The van der Waals surface area contributed by atoms with Crippen LogP contribution in [0.15, 0.2) is 71.7 Å². The van der Waals surface area contributed by atoms with Crippen molar-refractivity contribution in [2.75, 3.05) is 0 Å². The number of hydrogen-bond donors (Lipinski definition) is 1. The Kier molecular flexibility index (Phi) is 7.69. The molecule has 0 aliphatic carbocycles. The number of alkyl halides is 2. The van der Waals surface area contributed by atoms with E-state index >= 15 is 0 Å². The lowest BCUT2D eigenvalue weighted by Crippen LogP contribution is -2.22. The molecule has 36 heavy (non-hydrogen) atoms. The Balaban J connectivity index is 1.39. The third kappa shape index (κ3) is 6.30. The van der Waals surface area contributed by atoms with Crippen molar-refractivity contribution in [2.45, 2.75) is 26.7 Å². The molecule has 186 valence electrons. The predicted molar refractivity (Wildman–Crippen MR) is 127 cm³/mol. The van der Waals surface area contributed by atoms with Crippen molar-refractivity contribution in [2.24, 2.45) is 0 Å². The Bertz CT molecular complexity index is 1400. The van der Waals surface area contributed by atoms with Gasteiger partial charge in [0, 0.05) is 18.8 Å². The van der Waals surface area contributed by atoms with Crippen LogP contribution in [0.3, 0.4) is 0 Å². The summed E-state index contributed by atoms with van der Waals surface area (Å²) < 4.78 is 48.8. The minimum Gasteiger partial charge on any atom is -0.489 e. The first-order chi connectivity index (χ1) is 17.3. The fraction of sp³-hybridized carbons (Fsp3) is 0.160. The van der Waals surface area contributed by atoms with E-state index in [2.05, 4.69) is 15.0 Å². The van der Waals surface area contributed by atoms with Crippen molar-refractivity contribution in [3.8, 4) is 16.6 Å². The van der Waals surface area contributed by atoms with Crippen LogP contribution in [-0.2, 0) is 13.2 Å². The van der Waals surface area contributed by atoms with Gasteiger partial charge < -0.3 is 14.8 Å². The van der Waals surface area contributed by atoms with Crippen LogP contribution in [0.4, 0.5) is 13.2 Å².